The molecule has 1 aromatic carbocycles. The molecule has 2 aromatic heterocycles. The molecule has 1 atom stereocenters. The summed E-state index contributed by atoms with van der Waals surface area (Å²) in [7, 11) is 0. The molecule has 1 aliphatic rings. The SMILES string of the molecule is Cc1ccccc1[C@@]1(O)CCN(Cc2cc(C)n(-n3cnnc3)c2C)C1. The molecule has 0 bridgehead atoms. The van der Waals surface area contributed by atoms with Crippen LogP contribution in [0.15, 0.2) is 43.0 Å². The maximum atomic E-state index is 11.2. The van der Waals surface area contributed by atoms with Crippen LogP contribution in [0.4, 0.5) is 0 Å². The van der Waals surface area contributed by atoms with Crippen LogP contribution in [-0.4, -0.2) is 42.6 Å². The molecule has 0 unspecified atom stereocenters. The highest BCUT2D eigenvalue weighted by Gasteiger charge is 2.38. The minimum Gasteiger partial charge on any atom is -0.384 e. The summed E-state index contributed by atoms with van der Waals surface area (Å²) in [6.07, 6.45) is 4.18. The van der Waals surface area contributed by atoms with E-state index in [4.69, 9.17) is 0 Å². The summed E-state index contributed by atoms with van der Waals surface area (Å²) in [6.45, 7) is 8.66. The Morgan fingerprint density at radius 3 is 2.58 bits per heavy atom. The van der Waals surface area contributed by atoms with E-state index in [1.54, 1.807) is 12.7 Å². The largest absolute Gasteiger partial charge is 0.384 e. The Kier molecular flexibility index (Phi) is 4.17. The van der Waals surface area contributed by atoms with Crippen molar-refractivity contribution in [3.05, 3.63) is 71.1 Å². The second kappa shape index (κ2) is 6.37. The third-order valence-corrected chi connectivity index (χ3v) is 5.50. The van der Waals surface area contributed by atoms with Gasteiger partial charge >= 0.3 is 0 Å². The van der Waals surface area contributed by atoms with Crippen molar-refractivity contribution in [1.82, 2.24) is 24.4 Å². The fourth-order valence-electron chi connectivity index (χ4n) is 4.19. The fraction of sp³-hybridized carbons (Fsp3) is 0.400. The Labute approximate surface area is 153 Å². The average molecular weight is 351 g/mol. The van der Waals surface area contributed by atoms with E-state index in [9.17, 15) is 5.11 Å². The zero-order valence-electron chi connectivity index (χ0n) is 15.6. The van der Waals surface area contributed by atoms with Gasteiger partial charge in [-0.1, -0.05) is 24.3 Å². The van der Waals surface area contributed by atoms with Crippen LogP contribution in [0, 0.1) is 20.8 Å². The van der Waals surface area contributed by atoms with Gasteiger partial charge in [0.1, 0.15) is 18.3 Å². The number of hydrogen-bond donors (Lipinski definition) is 1. The quantitative estimate of drug-likeness (QED) is 0.784. The van der Waals surface area contributed by atoms with Crippen molar-refractivity contribution < 1.29 is 5.11 Å². The van der Waals surface area contributed by atoms with Crippen molar-refractivity contribution >= 4 is 0 Å². The summed E-state index contributed by atoms with van der Waals surface area (Å²) in [5, 5.41) is 19.0. The highest BCUT2D eigenvalue weighted by molar-refractivity contribution is 5.33. The highest BCUT2D eigenvalue weighted by Crippen LogP contribution is 2.34. The lowest BCUT2D eigenvalue weighted by atomic mass is 9.89. The van der Waals surface area contributed by atoms with Crippen LogP contribution in [-0.2, 0) is 12.1 Å². The maximum absolute atomic E-state index is 11.2. The summed E-state index contributed by atoms with van der Waals surface area (Å²) in [4.78, 5) is 2.34. The first-order valence-corrected chi connectivity index (χ1v) is 9.02. The molecule has 6 nitrogen and oxygen atoms in total. The normalized spacial score (nSPS) is 20.8. The number of likely N-dealkylation sites (tertiary alicyclic amines) is 1. The van der Waals surface area contributed by atoms with Crippen molar-refractivity contribution in [1.29, 1.82) is 0 Å². The van der Waals surface area contributed by atoms with Gasteiger partial charge in [0.25, 0.3) is 0 Å². The molecule has 1 N–H and O–H groups in total. The standard InChI is InChI=1S/C20H25N5O/c1-15-6-4-5-7-19(15)20(26)8-9-23(12-20)11-18-10-16(2)25(17(18)3)24-13-21-22-14-24/h4-7,10,13-14,26H,8-9,11-12H2,1-3H3/t20-/m1/s1. The van der Waals surface area contributed by atoms with Crippen molar-refractivity contribution in [2.45, 2.75) is 39.3 Å². The van der Waals surface area contributed by atoms with Crippen LogP contribution < -0.4 is 0 Å². The molecule has 26 heavy (non-hydrogen) atoms. The van der Waals surface area contributed by atoms with Crippen molar-refractivity contribution in [2.75, 3.05) is 13.1 Å². The number of hydrogen-bond acceptors (Lipinski definition) is 4. The van der Waals surface area contributed by atoms with Gasteiger partial charge in [0.2, 0.25) is 0 Å². The molecular formula is C20H25N5O. The summed E-state index contributed by atoms with van der Waals surface area (Å²) < 4.78 is 4.00. The van der Waals surface area contributed by atoms with Crippen LogP contribution in [0.2, 0.25) is 0 Å². The molecule has 6 heteroatoms. The van der Waals surface area contributed by atoms with Gasteiger partial charge < -0.3 is 5.11 Å². The predicted octanol–water partition coefficient (Wildman–Crippen LogP) is 2.41. The molecule has 4 rings (SSSR count). The van der Waals surface area contributed by atoms with Crippen LogP contribution in [0.5, 0.6) is 0 Å². The Hall–Kier alpha value is -2.44. The summed E-state index contributed by atoms with van der Waals surface area (Å²) in [6, 6.07) is 10.4. The van der Waals surface area contributed by atoms with Gasteiger partial charge in [-0.25, -0.2) is 4.68 Å². The van der Waals surface area contributed by atoms with E-state index in [1.807, 2.05) is 16.8 Å². The topological polar surface area (TPSA) is 59.1 Å². The van der Waals surface area contributed by atoms with Gasteiger partial charge in [-0.2, -0.15) is 0 Å². The van der Waals surface area contributed by atoms with Crippen molar-refractivity contribution in [3.8, 4) is 0 Å². The fourth-order valence-corrected chi connectivity index (χ4v) is 4.19. The molecule has 0 radical (unpaired) electrons. The molecule has 0 amide bonds. The van der Waals surface area contributed by atoms with E-state index in [0.717, 1.165) is 36.3 Å². The number of β-amino-alcohol motifs (C(OH)–C–C–N with tert-alkyl or cyclic N) is 1. The molecule has 3 heterocycles. The number of aliphatic hydroxyl groups is 1. The average Bonchev–Trinajstić information content (AvgIpc) is 3.30. The summed E-state index contributed by atoms with van der Waals surface area (Å²) >= 11 is 0. The zero-order valence-corrected chi connectivity index (χ0v) is 15.6. The number of rotatable bonds is 4. The number of aromatic nitrogens is 4. The molecule has 1 saturated heterocycles. The van der Waals surface area contributed by atoms with Gasteiger partial charge in [0.15, 0.2) is 0 Å². The van der Waals surface area contributed by atoms with E-state index in [2.05, 4.69) is 58.7 Å². The van der Waals surface area contributed by atoms with Crippen LogP contribution in [0.3, 0.4) is 0 Å². The van der Waals surface area contributed by atoms with E-state index in [0.29, 0.717) is 6.54 Å². The second-order valence-corrected chi connectivity index (χ2v) is 7.36. The second-order valence-electron chi connectivity index (χ2n) is 7.36. The molecule has 0 spiro atoms. The molecule has 1 fully saturated rings. The van der Waals surface area contributed by atoms with Gasteiger partial charge in [-0.15, -0.1) is 10.2 Å². The molecule has 1 aliphatic heterocycles. The maximum Gasteiger partial charge on any atom is 0.139 e. The van der Waals surface area contributed by atoms with Gasteiger partial charge in [0.05, 0.1) is 0 Å². The first-order chi connectivity index (χ1) is 12.5. The van der Waals surface area contributed by atoms with Gasteiger partial charge in [-0.05, 0) is 49.9 Å². The Morgan fingerprint density at radius 1 is 1.12 bits per heavy atom. The van der Waals surface area contributed by atoms with E-state index in [-0.39, 0.29) is 0 Å². The first kappa shape index (κ1) is 17.0. The zero-order chi connectivity index (χ0) is 18.3. The van der Waals surface area contributed by atoms with Gasteiger partial charge in [-0.3, -0.25) is 9.58 Å². The molecular weight excluding hydrogens is 326 g/mol. The smallest absolute Gasteiger partial charge is 0.139 e. The molecule has 3 aromatic rings. The van der Waals surface area contributed by atoms with E-state index in [1.165, 1.54) is 11.3 Å². The Morgan fingerprint density at radius 2 is 1.85 bits per heavy atom. The molecule has 0 aliphatic carbocycles. The van der Waals surface area contributed by atoms with Crippen LogP contribution >= 0.6 is 0 Å². The third-order valence-electron chi connectivity index (χ3n) is 5.50. The van der Waals surface area contributed by atoms with Crippen LogP contribution in [0.1, 0.15) is 34.5 Å². The Balaban J connectivity index is 1.55. The Bertz CT molecular complexity index is 914. The van der Waals surface area contributed by atoms with Crippen molar-refractivity contribution in [3.63, 3.8) is 0 Å². The van der Waals surface area contributed by atoms with Crippen molar-refractivity contribution in [2.24, 2.45) is 0 Å². The number of nitrogens with zero attached hydrogens (tertiary/aromatic N) is 5. The number of aryl methyl sites for hydroxylation is 2. The monoisotopic (exact) mass is 351 g/mol. The first-order valence-electron chi connectivity index (χ1n) is 9.02. The molecule has 136 valence electrons. The molecule has 0 saturated carbocycles. The predicted molar refractivity (Wildman–Crippen MR) is 99.7 cm³/mol. The third kappa shape index (κ3) is 2.85. The van der Waals surface area contributed by atoms with E-state index >= 15 is 0 Å². The lowest BCUT2D eigenvalue weighted by Gasteiger charge is -2.25. The minimum absolute atomic E-state index is 0.661. The lowest BCUT2D eigenvalue weighted by Crippen LogP contribution is -2.31. The lowest BCUT2D eigenvalue weighted by molar-refractivity contribution is 0.0446. The highest BCUT2D eigenvalue weighted by atomic mass is 16.3. The minimum atomic E-state index is -0.759. The van der Waals surface area contributed by atoms with E-state index < -0.39 is 5.60 Å². The van der Waals surface area contributed by atoms with Crippen LogP contribution in [0.25, 0.3) is 0 Å². The summed E-state index contributed by atoms with van der Waals surface area (Å²) in [5.74, 6) is 0. The number of benzene rings is 1. The summed E-state index contributed by atoms with van der Waals surface area (Å²) in [5.41, 5.74) is 5.04. The van der Waals surface area contributed by atoms with Gasteiger partial charge in [0, 0.05) is 31.0 Å².